The van der Waals surface area contributed by atoms with E-state index in [1.165, 1.54) is 5.56 Å². The predicted octanol–water partition coefficient (Wildman–Crippen LogP) is 3.72. The Morgan fingerprint density at radius 3 is 2.23 bits per heavy atom. The van der Waals surface area contributed by atoms with E-state index in [-0.39, 0.29) is 30.0 Å². The lowest BCUT2D eigenvalue weighted by molar-refractivity contribution is 0.295. The number of hydrogen-bond donors (Lipinski definition) is 2. The van der Waals surface area contributed by atoms with Crippen LogP contribution < -0.4 is 20.1 Å². The molecule has 0 amide bonds. The van der Waals surface area contributed by atoms with Gasteiger partial charge in [0.15, 0.2) is 5.96 Å². The summed E-state index contributed by atoms with van der Waals surface area (Å²) in [4.78, 5) is 6.99. The first-order chi connectivity index (χ1) is 14.1. The van der Waals surface area contributed by atoms with Crippen molar-refractivity contribution in [2.75, 3.05) is 47.9 Å². The summed E-state index contributed by atoms with van der Waals surface area (Å²) < 4.78 is 11.0. The molecule has 0 spiro atoms. The summed E-state index contributed by atoms with van der Waals surface area (Å²) in [6.07, 6.45) is 0.859. The summed E-state index contributed by atoms with van der Waals surface area (Å²) in [5.74, 6) is 2.61. The van der Waals surface area contributed by atoms with Crippen LogP contribution in [0, 0.1) is 0 Å². The van der Waals surface area contributed by atoms with E-state index in [4.69, 9.17) is 14.5 Å². The third-order valence-corrected chi connectivity index (χ3v) is 4.77. The second kappa shape index (κ2) is 14.1. The first-order valence-electron chi connectivity index (χ1n) is 10.0. The molecule has 0 saturated heterocycles. The Labute approximate surface area is 198 Å². The first-order valence-corrected chi connectivity index (χ1v) is 10.0. The Morgan fingerprint density at radius 2 is 1.60 bits per heavy atom. The van der Waals surface area contributed by atoms with E-state index in [0.717, 1.165) is 42.5 Å². The van der Waals surface area contributed by atoms with Crippen molar-refractivity contribution in [1.29, 1.82) is 0 Å². The Kier molecular flexibility index (Phi) is 12.2. The van der Waals surface area contributed by atoms with E-state index in [2.05, 4.69) is 48.7 Å². The highest BCUT2D eigenvalue weighted by Crippen LogP contribution is 2.28. The molecule has 30 heavy (non-hydrogen) atoms. The highest BCUT2D eigenvalue weighted by atomic mass is 127. The van der Waals surface area contributed by atoms with Crippen molar-refractivity contribution in [2.24, 2.45) is 4.99 Å². The molecular formula is C23H35IN4O2. The summed E-state index contributed by atoms with van der Waals surface area (Å²) >= 11 is 0. The lowest BCUT2D eigenvalue weighted by atomic mass is 10.0. The van der Waals surface area contributed by atoms with Crippen LogP contribution in [0.1, 0.15) is 24.1 Å². The van der Waals surface area contributed by atoms with Gasteiger partial charge in [-0.3, -0.25) is 4.99 Å². The highest BCUT2D eigenvalue weighted by molar-refractivity contribution is 14.0. The molecule has 0 aliphatic rings. The molecule has 0 fully saturated rings. The van der Waals surface area contributed by atoms with E-state index in [9.17, 15) is 0 Å². The molecule has 0 aromatic heterocycles. The number of benzene rings is 2. The van der Waals surface area contributed by atoms with Crippen LogP contribution in [0.3, 0.4) is 0 Å². The minimum Gasteiger partial charge on any atom is -0.496 e. The lowest BCUT2D eigenvalue weighted by Gasteiger charge is -2.25. The molecule has 166 valence electrons. The third kappa shape index (κ3) is 7.68. The van der Waals surface area contributed by atoms with Crippen LogP contribution in [0.15, 0.2) is 53.5 Å². The summed E-state index contributed by atoms with van der Waals surface area (Å²) in [6, 6.07) is 16.3. The Balaban J connectivity index is 0.00000450. The molecule has 0 radical (unpaired) electrons. The number of hydrogen-bond acceptors (Lipinski definition) is 4. The van der Waals surface area contributed by atoms with Crippen LogP contribution in [-0.2, 0) is 6.42 Å². The fourth-order valence-electron chi connectivity index (χ4n) is 3.23. The van der Waals surface area contributed by atoms with Crippen LogP contribution >= 0.6 is 24.0 Å². The van der Waals surface area contributed by atoms with Crippen LogP contribution in [-0.4, -0.2) is 58.8 Å². The zero-order chi connectivity index (χ0) is 21.1. The van der Waals surface area contributed by atoms with Crippen LogP contribution in [0.25, 0.3) is 0 Å². The number of aliphatic imine (C=N–C) groups is 1. The van der Waals surface area contributed by atoms with E-state index >= 15 is 0 Å². The predicted molar refractivity (Wildman–Crippen MR) is 136 cm³/mol. The van der Waals surface area contributed by atoms with Crippen molar-refractivity contribution in [3.63, 3.8) is 0 Å². The van der Waals surface area contributed by atoms with Gasteiger partial charge in [0.05, 0.1) is 26.8 Å². The minimum atomic E-state index is 0. The Morgan fingerprint density at radius 1 is 0.967 bits per heavy atom. The number of halogens is 1. The van der Waals surface area contributed by atoms with Gasteiger partial charge in [-0.25, -0.2) is 0 Å². The largest absolute Gasteiger partial charge is 0.496 e. The van der Waals surface area contributed by atoms with E-state index in [1.807, 2.05) is 36.4 Å². The van der Waals surface area contributed by atoms with Gasteiger partial charge >= 0.3 is 0 Å². The number of likely N-dealkylation sites (N-methyl/N-ethyl adjacent to an activating group) is 1. The fraction of sp³-hybridized carbons (Fsp3) is 0.435. The highest BCUT2D eigenvalue weighted by Gasteiger charge is 2.18. The van der Waals surface area contributed by atoms with Gasteiger partial charge in [-0.1, -0.05) is 36.4 Å². The van der Waals surface area contributed by atoms with Crippen molar-refractivity contribution < 1.29 is 9.47 Å². The molecule has 2 N–H and O–H groups in total. The maximum absolute atomic E-state index is 5.55. The molecule has 7 heteroatoms. The van der Waals surface area contributed by atoms with Gasteiger partial charge in [0, 0.05) is 18.7 Å². The second-order valence-electron chi connectivity index (χ2n) is 6.93. The first kappa shape index (κ1) is 26.0. The molecule has 1 atom stereocenters. The van der Waals surface area contributed by atoms with Gasteiger partial charge in [0.2, 0.25) is 0 Å². The van der Waals surface area contributed by atoms with E-state index in [1.54, 1.807) is 14.2 Å². The second-order valence-corrected chi connectivity index (χ2v) is 6.93. The lowest BCUT2D eigenvalue weighted by Crippen LogP contribution is -2.39. The molecular weight excluding hydrogens is 491 g/mol. The number of para-hydroxylation sites is 2. The summed E-state index contributed by atoms with van der Waals surface area (Å²) in [5.41, 5.74) is 2.31. The average Bonchev–Trinajstić information content (AvgIpc) is 2.74. The maximum atomic E-state index is 5.55. The minimum absolute atomic E-state index is 0. The van der Waals surface area contributed by atoms with Gasteiger partial charge in [-0.15, -0.1) is 24.0 Å². The van der Waals surface area contributed by atoms with Gasteiger partial charge in [-0.2, -0.15) is 0 Å². The van der Waals surface area contributed by atoms with Crippen molar-refractivity contribution in [2.45, 2.75) is 19.4 Å². The monoisotopic (exact) mass is 526 g/mol. The number of rotatable bonds is 10. The SMILES string of the molecule is CCNC(=NCC(c1ccccc1OC)N(C)C)NCCc1ccccc1OC.I. The third-order valence-electron chi connectivity index (χ3n) is 4.77. The molecule has 6 nitrogen and oxygen atoms in total. The molecule has 2 aromatic carbocycles. The van der Waals surface area contributed by atoms with Crippen LogP contribution in [0.2, 0.25) is 0 Å². The summed E-state index contributed by atoms with van der Waals surface area (Å²) in [5, 5.41) is 6.76. The van der Waals surface area contributed by atoms with E-state index in [0.29, 0.717) is 6.54 Å². The van der Waals surface area contributed by atoms with Crippen molar-refractivity contribution in [3.8, 4) is 11.5 Å². The zero-order valence-corrected chi connectivity index (χ0v) is 21.0. The normalized spacial score (nSPS) is 12.1. The van der Waals surface area contributed by atoms with Gasteiger partial charge in [0.1, 0.15) is 11.5 Å². The number of nitrogens with one attached hydrogen (secondary N) is 2. The number of ether oxygens (including phenoxy) is 2. The molecule has 0 saturated carbocycles. The summed E-state index contributed by atoms with van der Waals surface area (Å²) in [6.45, 7) is 4.27. The molecule has 0 bridgehead atoms. The molecule has 0 aliphatic carbocycles. The average molecular weight is 526 g/mol. The Hall–Kier alpha value is -2.00. The van der Waals surface area contributed by atoms with E-state index < -0.39 is 0 Å². The number of nitrogens with zero attached hydrogens (tertiary/aromatic N) is 2. The number of methoxy groups -OCH3 is 2. The molecule has 1 unspecified atom stereocenters. The van der Waals surface area contributed by atoms with Gasteiger partial charge in [0.25, 0.3) is 0 Å². The standard InChI is InChI=1S/C23H34N4O2.HI/c1-6-24-23(25-16-15-18-11-7-9-13-21(18)28-4)26-17-20(27(2)3)19-12-8-10-14-22(19)29-5;/h7-14,20H,6,15-17H2,1-5H3,(H2,24,25,26);1H. The quantitative estimate of drug-likeness (QED) is 0.281. The number of guanidine groups is 1. The summed E-state index contributed by atoms with van der Waals surface area (Å²) in [7, 11) is 7.54. The van der Waals surface area contributed by atoms with Crippen LogP contribution in [0.4, 0.5) is 0 Å². The molecule has 0 heterocycles. The Bertz CT molecular complexity index is 783. The molecule has 2 aromatic rings. The zero-order valence-electron chi connectivity index (χ0n) is 18.6. The topological polar surface area (TPSA) is 58.1 Å². The van der Waals surface area contributed by atoms with Crippen molar-refractivity contribution >= 4 is 29.9 Å². The van der Waals surface area contributed by atoms with Crippen molar-refractivity contribution in [1.82, 2.24) is 15.5 Å². The molecule has 2 rings (SSSR count). The fourth-order valence-corrected chi connectivity index (χ4v) is 3.23. The van der Waals surface area contributed by atoms with Gasteiger partial charge in [-0.05, 0) is 45.1 Å². The van der Waals surface area contributed by atoms with Crippen LogP contribution in [0.5, 0.6) is 11.5 Å². The molecule has 0 aliphatic heterocycles. The smallest absolute Gasteiger partial charge is 0.191 e. The van der Waals surface area contributed by atoms with Crippen molar-refractivity contribution in [3.05, 3.63) is 59.7 Å². The van der Waals surface area contributed by atoms with Gasteiger partial charge < -0.3 is 25.0 Å². The maximum Gasteiger partial charge on any atom is 0.191 e.